The lowest BCUT2D eigenvalue weighted by atomic mass is 9.84. The molecule has 5 heteroatoms. The summed E-state index contributed by atoms with van der Waals surface area (Å²) in [6.07, 6.45) is 5.51. The van der Waals surface area contributed by atoms with E-state index in [0.717, 1.165) is 12.8 Å². The number of hydrogen-bond acceptors (Lipinski definition) is 3. The first-order valence-electron chi connectivity index (χ1n) is 6.29. The lowest BCUT2D eigenvalue weighted by Crippen LogP contribution is -2.33. The van der Waals surface area contributed by atoms with Gasteiger partial charge in [0.15, 0.2) is 0 Å². The first kappa shape index (κ1) is 12.3. The van der Waals surface area contributed by atoms with Crippen molar-refractivity contribution in [3.05, 3.63) is 0 Å². The maximum atomic E-state index is 12.0. The van der Waals surface area contributed by atoms with Gasteiger partial charge in [-0.1, -0.05) is 19.3 Å². The molecule has 0 amide bonds. The summed E-state index contributed by atoms with van der Waals surface area (Å²) in [5, 5.41) is 0. The molecule has 0 aromatic rings. The van der Waals surface area contributed by atoms with Gasteiger partial charge in [-0.3, -0.25) is 0 Å². The van der Waals surface area contributed by atoms with E-state index < -0.39 is 10.0 Å². The molecular weight excluding hydrogens is 224 g/mol. The third-order valence-corrected chi connectivity index (χ3v) is 5.85. The van der Waals surface area contributed by atoms with Crippen molar-refractivity contribution in [2.45, 2.75) is 32.1 Å². The predicted octanol–water partition coefficient (Wildman–Crippen LogP) is 0.787. The van der Waals surface area contributed by atoms with Gasteiger partial charge < -0.3 is 5.73 Å². The van der Waals surface area contributed by atoms with Crippen LogP contribution in [-0.2, 0) is 10.0 Å². The summed E-state index contributed by atoms with van der Waals surface area (Å²) in [5.41, 5.74) is 5.57. The zero-order valence-corrected chi connectivity index (χ0v) is 10.6. The number of nitrogens with zero attached hydrogens (tertiary/aromatic N) is 1. The van der Waals surface area contributed by atoms with Crippen LogP contribution in [0.25, 0.3) is 0 Å². The van der Waals surface area contributed by atoms with E-state index in [9.17, 15) is 8.42 Å². The number of rotatable bonds is 5. The molecule has 0 bridgehead atoms. The highest BCUT2D eigenvalue weighted by Crippen LogP contribution is 2.30. The van der Waals surface area contributed by atoms with Gasteiger partial charge >= 0.3 is 0 Å². The van der Waals surface area contributed by atoms with E-state index in [0.29, 0.717) is 37.2 Å². The van der Waals surface area contributed by atoms with Crippen molar-refractivity contribution in [1.82, 2.24) is 4.31 Å². The highest BCUT2D eigenvalue weighted by molar-refractivity contribution is 7.89. The Morgan fingerprint density at radius 1 is 1.19 bits per heavy atom. The summed E-state index contributed by atoms with van der Waals surface area (Å²) in [5.74, 6) is 1.38. The molecule has 2 fully saturated rings. The number of nitrogens with two attached hydrogens (primary N) is 1. The Morgan fingerprint density at radius 3 is 2.44 bits per heavy atom. The fraction of sp³-hybridized carbons (Fsp3) is 1.00. The Kier molecular flexibility index (Phi) is 3.87. The lowest BCUT2D eigenvalue weighted by molar-refractivity contribution is 0.305. The van der Waals surface area contributed by atoms with Gasteiger partial charge in [-0.05, 0) is 31.2 Å². The maximum Gasteiger partial charge on any atom is 0.214 e. The van der Waals surface area contributed by atoms with E-state index in [4.69, 9.17) is 5.73 Å². The molecule has 1 saturated heterocycles. The van der Waals surface area contributed by atoms with Crippen molar-refractivity contribution in [2.24, 2.45) is 17.6 Å². The molecule has 1 unspecified atom stereocenters. The van der Waals surface area contributed by atoms with Crippen LogP contribution in [0.1, 0.15) is 32.1 Å². The monoisotopic (exact) mass is 246 g/mol. The highest BCUT2D eigenvalue weighted by Gasteiger charge is 2.31. The van der Waals surface area contributed by atoms with Crippen molar-refractivity contribution < 1.29 is 8.42 Å². The van der Waals surface area contributed by atoms with Crippen LogP contribution >= 0.6 is 0 Å². The van der Waals surface area contributed by atoms with Gasteiger partial charge in [0.1, 0.15) is 0 Å². The second kappa shape index (κ2) is 5.02. The van der Waals surface area contributed by atoms with E-state index in [-0.39, 0.29) is 0 Å². The second-order valence-electron chi connectivity index (χ2n) is 5.15. The topological polar surface area (TPSA) is 63.4 Å². The van der Waals surface area contributed by atoms with Crippen LogP contribution in [0.15, 0.2) is 0 Å². The second-order valence-corrected chi connectivity index (χ2v) is 7.24. The molecule has 1 saturated carbocycles. The first-order valence-corrected chi connectivity index (χ1v) is 7.90. The van der Waals surface area contributed by atoms with Crippen molar-refractivity contribution in [1.29, 1.82) is 0 Å². The van der Waals surface area contributed by atoms with Crippen LogP contribution in [-0.4, -0.2) is 38.1 Å². The van der Waals surface area contributed by atoms with E-state index >= 15 is 0 Å². The molecule has 0 radical (unpaired) electrons. The summed E-state index contributed by atoms with van der Waals surface area (Å²) in [6, 6.07) is 0. The molecule has 1 aliphatic heterocycles. The Bertz CT molecular complexity index is 325. The molecule has 1 atom stereocenters. The smallest absolute Gasteiger partial charge is 0.214 e. The van der Waals surface area contributed by atoms with E-state index in [1.54, 1.807) is 4.31 Å². The molecule has 0 aromatic carbocycles. The molecule has 4 nitrogen and oxygen atoms in total. The third kappa shape index (κ3) is 2.76. The average molecular weight is 246 g/mol. The van der Waals surface area contributed by atoms with Crippen LogP contribution in [0.5, 0.6) is 0 Å². The maximum absolute atomic E-state index is 12.0. The molecule has 94 valence electrons. The number of hydrogen-bond donors (Lipinski definition) is 1. The third-order valence-electron chi connectivity index (χ3n) is 3.98. The Balaban J connectivity index is 1.82. The Labute approximate surface area is 98.2 Å². The lowest BCUT2D eigenvalue weighted by Gasteiger charge is -2.26. The van der Waals surface area contributed by atoms with E-state index in [2.05, 4.69) is 0 Å². The molecule has 1 heterocycles. The van der Waals surface area contributed by atoms with Crippen molar-refractivity contribution in [3.8, 4) is 0 Å². The Morgan fingerprint density at radius 2 is 1.94 bits per heavy atom. The van der Waals surface area contributed by atoms with E-state index in [1.807, 2.05) is 0 Å². The van der Waals surface area contributed by atoms with Gasteiger partial charge in [-0.25, -0.2) is 12.7 Å². The summed E-state index contributed by atoms with van der Waals surface area (Å²) < 4.78 is 25.7. The fourth-order valence-corrected chi connectivity index (χ4v) is 4.18. The van der Waals surface area contributed by atoms with Crippen molar-refractivity contribution in [3.63, 3.8) is 0 Å². The zero-order chi connectivity index (χ0) is 11.6. The molecule has 2 rings (SSSR count). The van der Waals surface area contributed by atoms with E-state index in [1.165, 1.54) is 19.3 Å². The standard InChI is InChI=1S/C11H22N2O2S/c12-8-11-4-6-13(9-11)16(14,15)7-5-10-2-1-3-10/h10-11H,1-9,12H2. The Hall–Kier alpha value is -0.130. The largest absolute Gasteiger partial charge is 0.330 e. The molecule has 16 heavy (non-hydrogen) atoms. The van der Waals surface area contributed by atoms with Gasteiger partial charge in [0, 0.05) is 13.1 Å². The van der Waals surface area contributed by atoms with Crippen LogP contribution < -0.4 is 5.73 Å². The molecule has 0 aromatic heterocycles. The normalized spacial score (nSPS) is 28.2. The van der Waals surface area contributed by atoms with Gasteiger partial charge in [0.25, 0.3) is 0 Å². The van der Waals surface area contributed by atoms with Crippen LogP contribution in [0, 0.1) is 11.8 Å². The van der Waals surface area contributed by atoms with Gasteiger partial charge in [-0.2, -0.15) is 0 Å². The zero-order valence-electron chi connectivity index (χ0n) is 9.77. The SMILES string of the molecule is NCC1CCN(S(=O)(=O)CCC2CCC2)C1. The predicted molar refractivity (Wildman–Crippen MR) is 64.5 cm³/mol. The minimum atomic E-state index is -3.00. The number of sulfonamides is 1. The molecule has 2 aliphatic rings. The van der Waals surface area contributed by atoms with Gasteiger partial charge in [0.2, 0.25) is 10.0 Å². The van der Waals surface area contributed by atoms with Crippen molar-refractivity contribution >= 4 is 10.0 Å². The van der Waals surface area contributed by atoms with Gasteiger partial charge in [-0.15, -0.1) is 0 Å². The van der Waals surface area contributed by atoms with Crippen LogP contribution in [0.3, 0.4) is 0 Å². The fourth-order valence-electron chi connectivity index (χ4n) is 2.47. The van der Waals surface area contributed by atoms with Crippen molar-refractivity contribution in [2.75, 3.05) is 25.4 Å². The summed E-state index contributed by atoms with van der Waals surface area (Å²) in [6.45, 7) is 1.92. The van der Waals surface area contributed by atoms with Gasteiger partial charge in [0.05, 0.1) is 5.75 Å². The summed E-state index contributed by atoms with van der Waals surface area (Å²) in [4.78, 5) is 0. The minimum Gasteiger partial charge on any atom is -0.330 e. The summed E-state index contributed by atoms with van der Waals surface area (Å²) >= 11 is 0. The molecule has 2 N–H and O–H groups in total. The minimum absolute atomic E-state index is 0.342. The molecular formula is C11H22N2O2S. The quantitative estimate of drug-likeness (QED) is 0.780. The summed E-state index contributed by atoms with van der Waals surface area (Å²) in [7, 11) is -3.00. The first-order chi connectivity index (χ1) is 7.62. The van der Waals surface area contributed by atoms with Crippen LogP contribution in [0.2, 0.25) is 0 Å². The average Bonchev–Trinajstić information content (AvgIpc) is 2.63. The molecule has 1 aliphatic carbocycles. The molecule has 0 spiro atoms. The highest BCUT2D eigenvalue weighted by atomic mass is 32.2. The van der Waals surface area contributed by atoms with Crippen LogP contribution in [0.4, 0.5) is 0 Å².